The van der Waals surface area contributed by atoms with Crippen LogP contribution < -0.4 is 4.74 Å². The lowest BCUT2D eigenvalue weighted by atomic mass is 9.74. The molecule has 1 aromatic carbocycles. The van der Waals surface area contributed by atoms with Crippen LogP contribution in [0.25, 0.3) is 0 Å². The fourth-order valence-corrected chi connectivity index (χ4v) is 5.05. The van der Waals surface area contributed by atoms with Crippen LogP contribution in [0.1, 0.15) is 70.9 Å². The summed E-state index contributed by atoms with van der Waals surface area (Å²) in [6.07, 6.45) is 5.48. The average Bonchev–Trinajstić information content (AvgIpc) is 3.02. The highest BCUT2D eigenvalue weighted by molar-refractivity contribution is 6.11. The van der Waals surface area contributed by atoms with E-state index in [4.69, 9.17) is 9.47 Å². The third-order valence-corrected chi connectivity index (χ3v) is 6.61. The molecule has 2 aliphatic heterocycles. The average molecular weight is 412 g/mol. The van der Waals surface area contributed by atoms with Gasteiger partial charge in [-0.3, -0.25) is 9.59 Å². The fraction of sp³-hybridized carbons (Fsp3) is 0.600. The lowest BCUT2D eigenvalue weighted by Gasteiger charge is -2.37. The molecule has 4 unspecified atom stereocenters. The van der Waals surface area contributed by atoms with Gasteiger partial charge >= 0.3 is 0 Å². The molecule has 1 saturated carbocycles. The number of carbonyl (C=O) groups excluding carboxylic acids is 2. The highest BCUT2D eigenvalue weighted by Crippen LogP contribution is 2.47. The topological polar surface area (TPSA) is 55.8 Å². The van der Waals surface area contributed by atoms with Gasteiger partial charge in [-0.05, 0) is 55.7 Å². The summed E-state index contributed by atoms with van der Waals surface area (Å²) in [7, 11) is 0. The summed E-state index contributed by atoms with van der Waals surface area (Å²) in [6.45, 7) is 7.65. The van der Waals surface area contributed by atoms with Gasteiger partial charge in [0.1, 0.15) is 11.9 Å². The van der Waals surface area contributed by atoms with Crippen molar-refractivity contribution in [2.45, 2.75) is 71.4 Å². The van der Waals surface area contributed by atoms with Gasteiger partial charge in [-0.15, -0.1) is 0 Å². The number of hydrogen-bond donors (Lipinski definition) is 0. The molecule has 5 nitrogen and oxygen atoms in total. The van der Waals surface area contributed by atoms with Gasteiger partial charge in [0.15, 0.2) is 11.5 Å². The van der Waals surface area contributed by atoms with Crippen molar-refractivity contribution in [1.29, 1.82) is 0 Å². The molecule has 1 aromatic rings. The van der Waals surface area contributed by atoms with Crippen molar-refractivity contribution in [2.24, 2.45) is 11.8 Å². The molecule has 3 aliphatic rings. The molecule has 0 bridgehead atoms. The maximum Gasteiger partial charge on any atom is 0.290 e. The van der Waals surface area contributed by atoms with Crippen molar-refractivity contribution >= 4 is 11.7 Å². The van der Waals surface area contributed by atoms with Crippen molar-refractivity contribution in [1.82, 2.24) is 4.90 Å². The maximum atomic E-state index is 13.6. The summed E-state index contributed by atoms with van der Waals surface area (Å²) in [4.78, 5) is 28.7. The number of nitrogens with zero attached hydrogens (tertiary/aromatic N) is 1. The minimum Gasteiger partial charge on any atom is -0.494 e. The van der Waals surface area contributed by atoms with E-state index < -0.39 is 0 Å². The minimum absolute atomic E-state index is 0.113. The molecule has 0 radical (unpaired) electrons. The van der Waals surface area contributed by atoms with E-state index in [1.165, 1.54) is 0 Å². The van der Waals surface area contributed by atoms with Gasteiger partial charge < -0.3 is 14.4 Å². The second-order valence-electron chi connectivity index (χ2n) is 8.96. The number of ether oxygens (including phenoxy) is 2. The largest absolute Gasteiger partial charge is 0.494 e. The lowest BCUT2D eigenvalue weighted by Crippen LogP contribution is -2.41. The van der Waals surface area contributed by atoms with Gasteiger partial charge in [0.2, 0.25) is 0 Å². The van der Waals surface area contributed by atoms with Crippen molar-refractivity contribution in [3.8, 4) is 5.75 Å². The van der Waals surface area contributed by atoms with Gasteiger partial charge in [0.05, 0.1) is 24.1 Å². The number of ketones is 1. The van der Waals surface area contributed by atoms with E-state index in [1.54, 1.807) is 0 Å². The van der Waals surface area contributed by atoms with Gasteiger partial charge in [-0.2, -0.15) is 0 Å². The molecule has 0 N–H and O–H groups in total. The Kier molecular flexibility index (Phi) is 6.16. The van der Waals surface area contributed by atoms with Gasteiger partial charge in [-0.1, -0.05) is 39.3 Å². The van der Waals surface area contributed by atoms with Crippen molar-refractivity contribution in [2.75, 3.05) is 13.2 Å². The van der Waals surface area contributed by atoms with Crippen LogP contribution in [-0.4, -0.2) is 35.8 Å². The third kappa shape index (κ3) is 3.75. The van der Waals surface area contributed by atoms with E-state index in [0.29, 0.717) is 30.4 Å². The molecule has 1 amide bonds. The summed E-state index contributed by atoms with van der Waals surface area (Å²) >= 11 is 0. The first kappa shape index (κ1) is 21.0. The Balaban J connectivity index is 1.70. The lowest BCUT2D eigenvalue weighted by molar-refractivity contribution is -0.136. The number of Topliss-reactive ketones (excluding diaryl/α,β-unsaturated/α-hetero) is 1. The van der Waals surface area contributed by atoms with E-state index in [0.717, 1.165) is 49.8 Å². The number of amides is 1. The minimum atomic E-state index is -0.382. The quantitative estimate of drug-likeness (QED) is 0.604. The van der Waals surface area contributed by atoms with E-state index in [-0.39, 0.29) is 29.8 Å². The third-order valence-electron chi connectivity index (χ3n) is 6.61. The Bertz CT molecular complexity index is 845. The van der Waals surface area contributed by atoms with E-state index in [1.807, 2.05) is 29.2 Å². The Morgan fingerprint density at radius 1 is 1.17 bits per heavy atom. The van der Waals surface area contributed by atoms with Crippen LogP contribution >= 0.6 is 0 Å². The van der Waals surface area contributed by atoms with Crippen LogP contribution in [0.2, 0.25) is 0 Å². The molecule has 0 saturated heterocycles. The molecule has 0 aromatic heterocycles. The summed E-state index contributed by atoms with van der Waals surface area (Å²) in [5.41, 5.74) is 1.49. The first-order valence-corrected chi connectivity index (χ1v) is 11.5. The van der Waals surface area contributed by atoms with Crippen LogP contribution in [0.15, 0.2) is 35.6 Å². The standard InChI is InChI=1S/C25H33NO4/c1-4-6-13-29-18-9-7-8-17(15-18)22-21-23(27)19-14-16(3)10-11-20(19)30-24(21)25(28)26(22)12-5-2/h7-9,15-16,19-20,22H,4-6,10-14H2,1-3H3. The van der Waals surface area contributed by atoms with Gasteiger partial charge in [0.25, 0.3) is 5.91 Å². The maximum absolute atomic E-state index is 13.6. The molecule has 0 spiro atoms. The smallest absolute Gasteiger partial charge is 0.290 e. The normalized spacial score (nSPS) is 28.3. The Hall–Kier alpha value is -2.30. The Morgan fingerprint density at radius 3 is 2.77 bits per heavy atom. The van der Waals surface area contributed by atoms with Crippen LogP contribution in [-0.2, 0) is 14.3 Å². The number of fused-ring (bicyclic) bond motifs is 1. The molecule has 2 heterocycles. The number of carbonyl (C=O) groups is 2. The molecule has 162 valence electrons. The van der Waals surface area contributed by atoms with E-state index in [2.05, 4.69) is 20.8 Å². The highest BCUT2D eigenvalue weighted by Gasteiger charge is 2.52. The second kappa shape index (κ2) is 8.83. The van der Waals surface area contributed by atoms with Crippen LogP contribution in [0.3, 0.4) is 0 Å². The van der Waals surface area contributed by atoms with E-state index in [9.17, 15) is 9.59 Å². The summed E-state index contributed by atoms with van der Waals surface area (Å²) in [5, 5.41) is 0. The zero-order valence-corrected chi connectivity index (χ0v) is 18.4. The van der Waals surface area contributed by atoms with Crippen molar-refractivity contribution in [3.63, 3.8) is 0 Å². The first-order valence-electron chi connectivity index (χ1n) is 11.5. The predicted octanol–water partition coefficient (Wildman–Crippen LogP) is 4.82. The van der Waals surface area contributed by atoms with Crippen molar-refractivity contribution in [3.05, 3.63) is 41.2 Å². The number of hydrogen-bond acceptors (Lipinski definition) is 4. The van der Waals surface area contributed by atoms with Gasteiger partial charge in [0, 0.05) is 6.54 Å². The van der Waals surface area contributed by atoms with Crippen LogP contribution in [0.4, 0.5) is 0 Å². The fourth-order valence-electron chi connectivity index (χ4n) is 5.05. The van der Waals surface area contributed by atoms with Crippen LogP contribution in [0.5, 0.6) is 5.75 Å². The molecule has 1 fully saturated rings. The molecule has 4 atom stereocenters. The van der Waals surface area contributed by atoms with Crippen LogP contribution in [0, 0.1) is 11.8 Å². The summed E-state index contributed by atoms with van der Waals surface area (Å²) in [6, 6.07) is 7.48. The number of unbranched alkanes of at least 4 members (excludes halogenated alkanes) is 1. The highest BCUT2D eigenvalue weighted by atomic mass is 16.5. The summed E-state index contributed by atoms with van der Waals surface area (Å²) < 4.78 is 12.1. The molecular weight excluding hydrogens is 378 g/mol. The Morgan fingerprint density at radius 2 is 2.00 bits per heavy atom. The second-order valence-corrected chi connectivity index (χ2v) is 8.96. The zero-order chi connectivity index (χ0) is 21.3. The molecule has 4 rings (SSSR count). The summed E-state index contributed by atoms with van der Waals surface area (Å²) in [5.74, 6) is 1.44. The van der Waals surface area contributed by atoms with Gasteiger partial charge in [-0.25, -0.2) is 0 Å². The van der Waals surface area contributed by atoms with Crippen molar-refractivity contribution < 1.29 is 19.1 Å². The first-order chi connectivity index (χ1) is 14.5. The Labute approximate surface area is 179 Å². The predicted molar refractivity (Wildman–Crippen MR) is 115 cm³/mol. The molecule has 5 heteroatoms. The monoisotopic (exact) mass is 411 g/mol. The zero-order valence-electron chi connectivity index (χ0n) is 18.4. The van der Waals surface area contributed by atoms with E-state index >= 15 is 0 Å². The molecule has 1 aliphatic carbocycles. The molecule has 30 heavy (non-hydrogen) atoms. The molecular formula is C25H33NO4. The SMILES string of the molecule is CCCCOc1cccc(C2C3=C(OC4CCC(C)CC4C3=O)C(=O)N2CCC)c1. The number of benzene rings is 1. The number of rotatable bonds is 7.